The van der Waals surface area contributed by atoms with Crippen LogP contribution in [0.4, 0.5) is 5.69 Å². The van der Waals surface area contributed by atoms with E-state index in [2.05, 4.69) is 31.3 Å². The normalized spacial score (nSPS) is 18.2. The second-order valence-electron chi connectivity index (χ2n) is 6.24. The van der Waals surface area contributed by atoms with Gasteiger partial charge < -0.3 is 10.2 Å². The van der Waals surface area contributed by atoms with Gasteiger partial charge in [-0.25, -0.2) is 0 Å². The highest BCUT2D eigenvalue weighted by Gasteiger charge is 2.43. The molecule has 0 radical (unpaired) electrons. The highest BCUT2D eigenvalue weighted by Crippen LogP contribution is 2.41. The van der Waals surface area contributed by atoms with E-state index in [0.29, 0.717) is 6.04 Å². The third kappa shape index (κ3) is 2.73. The third-order valence-corrected chi connectivity index (χ3v) is 4.18. The summed E-state index contributed by atoms with van der Waals surface area (Å²) in [5.41, 5.74) is 1.85. The van der Waals surface area contributed by atoms with Crippen LogP contribution in [0.3, 0.4) is 0 Å². The maximum atomic E-state index is 12.6. The number of carbonyl (C=O) groups is 1. The van der Waals surface area contributed by atoms with Crippen LogP contribution in [0, 0.1) is 0 Å². The minimum Gasteiger partial charge on any atom is -0.314 e. The van der Waals surface area contributed by atoms with Crippen LogP contribution in [0.15, 0.2) is 24.3 Å². The Hall–Kier alpha value is -1.35. The van der Waals surface area contributed by atoms with Gasteiger partial charge in [-0.3, -0.25) is 4.79 Å². The first-order chi connectivity index (χ1) is 9.48. The molecule has 0 aliphatic carbocycles. The molecule has 1 aromatic carbocycles. The molecule has 1 N–H and O–H groups in total. The van der Waals surface area contributed by atoms with Gasteiger partial charge in [0.05, 0.1) is 5.41 Å². The topological polar surface area (TPSA) is 32.3 Å². The molecule has 3 nitrogen and oxygen atoms in total. The Morgan fingerprint density at radius 3 is 2.70 bits per heavy atom. The first-order valence-corrected chi connectivity index (χ1v) is 7.63. The summed E-state index contributed by atoms with van der Waals surface area (Å²) >= 11 is 0. The second-order valence-corrected chi connectivity index (χ2v) is 6.24. The van der Waals surface area contributed by atoms with E-state index in [-0.39, 0.29) is 5.91 Å². The van der Waals surface area contributed by atoms with Crippen molar-refractivity contribution in [1.82, 2.24) is 5.32 Å². The van der Waals surface area contributed by atoms with Gasteiger partial charge in [-0.1, -0.05) is 25.1 Å². The fourth-order valence-corrected chi connectivity index (χ4v) is 2.84. The first-order valence-electron chi connectivity index (χ1n) is 7.63. The van der Waals surface area contributed by atoms with Gasteiger partial charge in [0.25, 0.3) is 0 Å². The Morgan fingerprint density at radius 2 is 2.00 bits per heavy atom. The van der Waals surface area contributed by atoms with Crippen LogP contribution in [0.2, 0.25) is 0 Å². The SMILES string of the molecule is CCCNC(C)CCN1C(=O)C(C)(C)c2ccccc21. The number of hydrogen-bond acceptors (Lipinski definition) is 2. The number of amides is 1. The average molecular weight is 274 g/mol. The molecule has 0 aromatic heterocycles. The summed E-state index contributed by atoms with van der Waals surface area (Å²) in [4.78, 5) is 14.6. The summed E-state index contributed by atoms with van der Waals surface area (Å²) < 4.78 is 0. The molecule has 1 amide bonds. The van der Waals surface area contributed by atoms with E-state index in [1.807, 2.05) is 30.9 Å². The number of hydrogen-bond donors (Lipinski definition) is 1. The molecular formula is C17H26N2O. The van der Waals surface area contributed by atoms with Crippen LogP contribution in [-0.4, -0.2) is 25.0 Å². The van der Waals surface area contributed by atoms with E-state index in [1.54, 1.807) is 0 Å². The molecule has 1 atom stereocenters. The Balaban J connectivity index is 2.08. The zero-order valence-corrected chi connectivity index (χ0v) is 13.1. The number of anilines is 1. The van der Waals surface area contributed by atoms with Crippen molar-refractivity contribution in [3.8, 4) is 0 Å². The summed E-state index contributed by atoms with van der Waals surface area (Å²) in [6, 6.07) is 8.61. The molecule has 1 aliphatic rings. The minimum atomic E-state index is -0.392. The van der Waals surface area contributed by atoms with Crippen LogP contribution in [0.5, 0.6) is 0 Å². The molecule has 0 fully saturated rings. The summed E-state index contributed by atoms with van der Waals surface area (Å²) in [5.74, 6) is 0.224. The van der Waals surface area contributed by atoms with Crippen LogP contribution < -0.4 is 10.2 Å². The zero-order valence-electron chi connectivity index (χ0n) is 13.1. The lowest BCUT2D eigenvalue weighted by Crippen LogP contribution is -2.39. The average Bonchev–Trinajstić information content (AvgIpc) is 2.63. The zero-order chi connectivity index (χ0) is 14.8. The number of nitrogens with one attached hydrogen (secondary N) is 1. The van der Waals surface area contributed by atoms with E-state index in [9.17, 15) is 4.79 Å². The van der Waals surface area contributed by atoms with E-state index in [0.717, 1.165) is 37.2 Å². The molecule has 1 aliphatic heterocycles. The predicted octanol–water partition coefficient (Wildman–Crippen LogP) is 3.09. The Bertz CT molecular complexity index is 482. The molecule has 1 unspecified atom stereocenters. The van der Waals surface area contributed by atoms with E-state index < -0.39 is 5.41 Å². The maximum Gasteiger partial charge on any atom is 0.237 e. The largest absolute Gasteiger partial charge is 0.314 e. The van der Waals surface area contributed by atoms with E-state index in [4.69, 9.17) is 0 Å². The Kier molecular flexibility index (Phi) is 4.48. The van der Waals surface area contributed by atoms with E-state index in [1.165, 1.54) is 0 Å². The number of carbonyl (C=O) groups excluding carboxylic acids is 1. The highest BCUT2D eigenvalue weighted by atomic mass is 16.2. The number of nitrogens with zero attached hydrogens (tertiary/aromatic N) is 1. The van der Waals surface area contributed by atoms with E-state index >= 15 is 0 Å². The molecule has 2 rings (SSSR count). The molecule has 110 valence electrons. The van der Waals surface area contributed by atoms with Crippen molar-refractivity contribution in [3.63, 3.8) is 0 Å². The first kappa shape index (κ1) is 15.0. The summed E-state index contributed by atoms with van der Waals surface area (Å²) in [6.07, 6.45) is 2.12. The molecule has 0 spiro atoms. The number of rotatable bonds is 6. The molecule has 1 aromatic rings. The monoisotopic (exact) mass is 274 g/mol. The van der Waals surface area contributed by atoms with Gasteiger partial charge in [0.2, 0.25) is 5.91 Å². The number of para-hydroxylation sites is 1. The summed E-state index contributed by atoms with van der Waals surface area (Å²) in [6.45, 7) is 10.2. The van der Waals surface area contributed by atoms with Crippen molar-refractivity contribution < 1.29 is 4.79 Å². The van der Waals surface area contributed by atoms with Gasteiger partial charge in [-0.2, -0.15) is 0 Å². The van der Waals surface area contributed by atoms with Crippen molar-refractivity contribution in [1.29, 1.82) is 0 Å². The van der Waals surface area contributed by atoms with Crippen LogP contribution in [0.1, 0.15) is 46.1 Å². The smallest absolute Gasteiger partial charge is 0.237 e. The van der Waals surface area contributed by atoms with Gasteiger partial charge in [-0.05, 0) is 51.8 Å². The van der Waals surface area contributed by atoms with Crippen molar-refractivity contribution in [3.05, 3.63) is 29.8 Å². The number of benzene rings is 1. The lowest BCUT2D eigenvalue weighted by molar-refractivity contribution is -0.122. The molecule has 0 saturated carbocycles. The quantitative estimate of drug-likeness (QED) is 0.864. The van der Waals surface area contributed by atoms with Gasteiger partial charge in [0.1, 0.15) is 0 Å². The van der Waals surface area contributed by atoms with Crippen LogP contribution in [-0.2, 0) is 10.2 Å². The van der Waals surface area contributed by atoms with Gasteiger partial charge in [-0.15, -0.1) is 0 Å². The highest BCUT2D eigenvalue weighted by molar-refractivity contribution is 6.07. The van der Waals surface area contributed by atoms with Crippen molar-refractivity contribution >= 4 is 11.6 Å². The van der Waals surface area contributed by atoms with Crippen molar-refractivity contribution in [2.45, 2.75) is 52.0 Å². The van der Waals surface area contributed by atoms with Crippen molar-refractivity contribution in [2.24, 2.45) is 0 Å². The van der Waals surface area contributed by atoms with Crippen LogP contribution in [0.25, 0.3) is 0 Å². The number of fused-ring (bicyclic) bond motifs is 1. The molecule has 0 saturated heterocycles. The summed E-state index contributed by atoms with van der Waals surface area (Å²) in [7, 11) is 0. The lowest BCUT2D eigenvalue weighted by atomic mass is 9.86. The van der Waals surface area contributed by atoms with Gasteiger partial charge in [0, 0.05) is 18.3 Å². The molecule has 20 heavy (non-hydrogen) atoms. The lowest BCUT2D eigenvalue weighted by Gasteiger charge is -2.22. The Labute approximate surface area is 122 Å². The summed E-state index contributed by atoms with van der Waals surface area (Å²) in [5, 5.41) is 3.48. The van der Waals surface area contributed by atoms with Crippen LogP contribution >= 0.6 is 0 Å². The van der Waals surface area contributed by atoms with Gasteiger partial charge >= 0.3 is 0 Å². The van der Waals surface area contributed by atoms with Gasteiger partial charge in [0.15, 0.2) is 0 Å². The molecule has 3 heteroatoms. The maximum absolute atomic E-state index is 12.6. The fourth-order valence-electron chi connectivity index (χ4n) is 2.84. The minimum absolute atomic E-state index is 0.224. The Morgan fingerprint density at radius 1 is 1.30 bits per heavy atom. The van der Waals surface area contributed by atoms with Crippen molar-refractivity contribution in [2.75, 3.05) is 18.0 Å². The fraction of sp³-hybridized carbons (Fsp3) is 0.588. The molecule has 0 bridgehead atoms. The second kappa shape index (κ2) is 5.96. The molecule has 1 heterocycles. The molecular weight excluding hydrogens is 248 g/mol. The third-order valence-electron chi connectivity index (χ3n) is 4.18. The standard InChI is InChI=1S/C17H26N2O/c1-5-11-18-13(2)10-12-19-15-9-7-6-8-14(15)17(3,4)16(19)20/h6-9,13,18H,5,10-12H2,1-4H3. The predicted molar refractivity (Wildman–Crippen MR) is 84.2 cm³/mol.